The van der Waals surface area contributed by atoms with E-state index in [1.54, 1.807) is 17.1 Å². The lowest BCUT2D eigenvalue weighted by Gasteiger charge is -2.29. The number of hydrogen-bond donors (Lipinski definition) is 0. The Labute approximate surface area is 147 Å². The number of rotatable bonds is 6. The molecular weight excluding hydrogens is 346 g/mol. The fourth-order valence-electron chi connectivity index (χ4n) is 2.66. The molecule has 1 aliphatic heterocycles. The van der Waals surface area contributed by atoms with Gasteiger partial charge in [-0.15, -0.1) is 10.2 Å². The Bertz CT molecular complexity index is 814. The van der Waals surface area contributed by atoms with Gasteiger partial charge in [-0.2, -0.15) is 4.31 Å². The largest absolute Gasteiger partial charge is 0.422 e. The number of aromatic nitrogens is 4. The molecule has 1 saturated heterocycles. The number of sulfonamides is 1. The summed E-state index contributed by atoms with van der Waals surface area (Å²) in [5, 5.41) is 7.91. The summed E-state index contributed by atoms with van der Waals surface area (Å²) in [7, 11) is -3.69. The van der Waals surface area contributed by atoms with Crippen molar-refractivity contribution in [2.45, 2.75) is 44.9 Å². The van der Waals surface area contributed by atoms with Crippen LogP contribution in [0.5, 0.6) is 0 Å². The maximum Gasteiger partial charge on any atom is 0.262 e. The summed E-state index contributed by atoms with van der Waals surface area (Å²) in [5.74, 6) is 1.22. The molecule has 0 aliphatic carbocycles. The van der Waals surface area contributed by atoms with Crippen molar-refractivity contribution in [1.82, 2.24) is 24.1 Å². The first-order valence-corrected chi connectivity index (χ1v) is 9.80. The average molecular weight is 369 g/mol. The number of morpholine rings is 1. The van der Waals surface area contributed by atoms with Gasteiger partial charge in [-0.1, -0.05) is 20.8 Å². The zero-order valence-electron chi connectivity index (χ0n) is 14.6. The molecule has 1 atom stereocenters. The van der Waals surface area contributed by atoms with Gasteiger partial charge in [-0.25, -0.2) is 13.4 Å². The minimum atomic E-state index is -3.69. The van der Waals surface area contributed by atoms with Crippen LogP contribution in [0.2, 0.25) is 0 Å². The summed E-state index contributed by atoms with van der Waals surface area (Å²) in [5.41, 5.74) is 0. The molecule has 3 heterocycles. The number of aryl methyl sites for hydroxylation is 1. The highest BCUT2D eigenvalue weighted by molar-refractivity contribution is 7.89. The Morgan fingerprint density at radius 1 is 1.36 bits per heavy atom. The first-order valence-electron chi connectivity index (χ1n) is 8.36. The minimum absolute atomic E-state index is 0.0496. The molecule has 0 radical (unpaired) electrons. The monoisotopic (exact) mass is 369 g/mol. The molecule has 3 rings (SSSR count). The van der Waals surface area contributed by atoms with E-state index < -0.39 is 16.1 Å². The summed E-state index contributed by atoms with van der Waals surface area (Å²) in [6, 6.07) is 0. The second kappa shape index (κ2) is 7.22. The Kier molecular flexibility index (Phi) is 5.21. The number of imidazole rings is 1. The van der Waals surface area contributed by atoms with Crippen molar-refractivity contribution < 1.29 is 17.6 Å². The zero-order valence-corrected chi connectivity index (χ0v) is 15.4. The average Bonchev–Trinajstić information content (AvgIpc) is 3.24. The molecule has 0 amide bonds. The van der Waals surface area contributed by atoms with Crippen molar-refractivity contribution in [3.63, 3.8) is 0 Å². The lowest BCUT2D eigenvalue weighted by Crippen LogP contribution is -2.42. The molecule has 10 heteroatoms. The van der Waals surface area contributed by atoms with Crippen molar-refractivity contribution >= 4 is 10.0 Å². The molecule has 2 aromatic heterocycles. The Morgan fingerprint density at radius 2 is 2.16 bits per heavy atom. The highest BCUT2D eigenvalue weighted by Gasteiger charge is 2.35. The molecule has 0 spiro atoms. The van der Waals surface area contributed by atoms with Crippen LogP contribution in [0.15, 0.2) is 22.0 Å². The molecule has 0 bridgehead atoms. The third-order valence-corrected chi connectivity index (χ3v) is 5.63. The molecule has 2 aromatic rings. The van der Waals surface area contributed by atoms with E-state index in [0.717, 1.165) is 6.54 Å². The summed E-state index contributed by atoms with van der Waals surface area (Å²) in [6.45, 7) is 7.42. The van der Waals surface area contributed by atoms with Crippen molar-refractivity contribution in [3.05, 3.63) is 24.3 Å². The first kappa shape index (κ1) is 18.0. The molecule has 138 valence electrons. The van der Waals surface area contributed by atoms with Gasteiger partial charge in [-0.3, -0.25) is 0 Å². The molecule has 0 aromatic carbocycles. The smallest absolute Gasteiger partial charge is 0.262 e. The van der Waals surface area contributed by atoms with Gasteiger partial charge in [0.05, 0.1) is 12.9 Å². The molecule has 9 nitrogen and oxygen atoms in total. The van der Waals surface area contributed by atoms with Gasteiger partial charge >= 0.3 is 0 Å². The van der Waals surface area contributed by atoms with Gasteiger partial charge in [0.1, 0.15) is 6.10 Å². The maximum absolute atomic E-state index is 12.9. The molecule has 1 fully saturated rings. The van der Waals surface area contributed by atoms with E-state index in [0.29, 0.717) is 24.1 Å². The number of hydrogen-bond acceptors (Lipinski definition) is 7. The van der Waals surface area contributed by atoms with Crippen LogP contribution < -0.4 is 0 Å². The van der Waals surface area contributed by atoms with Crippen LogP contribution in [0.1, 0.15) is 38.7 Å². The Morgan fingerprint density at radius 3 is 2.84 bits per heavy atom. The molecule has 25 heavy (non-hydrogen) atoms. The second-order valence-electron chi connectivity index (χ2n) is 6.41. The highest BCUT2D eigenvalue weighted by atomic mass is 32.2. The normalized spacial score (nSPS) is 19.6. The first-order chi connectivity index (χ1) is 11.9. The van der Waals surface area contributed by atoms with E-state index >= 15 is 0 Å². The van der Waals surface area contributed by atoms with Crippen LogP contribution >= 0.6 is 0 Å². The fraction of sp³-hybridized carbons (Fsp3) is 0.667. The molecule has 0 unspecified atom stereocenters. The van der Waals surface area contributed by atoms with Crippen molar-refractivity contribution in [2.24, 2.45) is 5.92 Å². The van der Waals surface area contributed by atoms with Crippen LogP contribution in [0.4, 0.5) is 0 Å². The van der Waals surface area contributed by atoms with Gasteiger partial charge in [0.2, 0.25) is 11.8 Å². The van der Waals surface area contributed by atoms with Crippen LogP contribution in [-0.4, -0.2) is 52.2 Å². The molecule has 1 aliphatic rings. The third-order valence-electron chi connectivity index (χ3n) is 3.88. The van der Waals surface area contributed by atoms with Gasteiger partial charge in [0, 0.05) is 32.3 Å². The Balaban J connectivity index is 1.76. The summed E-state index contributed by atoms with van der Waals surface area (Å²) in [6.07, 6.45) is 3.18. The third kappa shape index (κ3) is 3.91. The van der Waals surface area contributed by atoms with E-state index in [2.05, 4.69) is 29.0 Å². The van der Waals surface area contributed by atoms with Crippen LogP contribution in [0.25, 0.3) is 0 Å². The topological polar surface area (TPSA) is 103 Å². The predicted molar refractivity (Wildman–Crippen MR) is 88.2 cm³/mol. The second-order valence-corrected chi connectivity index (χ2v) is 8.30. The SMILES string of the molecule is CCc1nnc([C@@H]2CN(S(=O)(=O)c3cn(CC(C)C)cn3)CCO2)o1. The summed E-state index contributed by atoms with van der Waals surface area (Å²) >= 11 is 0. The predicted octanol–water partition coefficient (Wildman–Crippen LogP) is 1.25. The van der Waals surface area contributed by atoms with Crippen molar-refractivity contribution in [2.75, 3.05) is 19.7 Å². The van der Waals surface area contributed by atoms with Crippen LogP contribution in [-0.2, 0) is 27.7 Å². The van der Waals surface area contributed by atoms with E-state index in [1.807, 2.05) is 6.92 Å². The standard InChI is InChI=1S/C15H23N5O4S/c1-4-13-17-18-15(24-13)12-8-20(5-6-23-12)25(21,22)14-9-19(10-16-14)7-11(2)3/h9-12H,4-8H2,1-3H3/t12-/m0/s1. The van der Waals surface area contributed by atoms with Crippen LogP contribution in [0, 0.1) is 5.92 Å². The van der Waals surface area contributed by atoms with Gasteiger partial charge in [0.25, 0.3) is 10.0 Å². The molecular formula is C15H23N5O4S. The molecule has 0 saturated carbocycles. The Hall–Kier alpha value is -1.78. The fourth-order valence-corrected chi connectivity index (χ4v) is 4.02. The lowest BCUT2D eigenvalue weighted by molar-refractivity contribution is -0.0178. The number of nitrogens with zero attached hydrogens (tertiary/aromatic N) is 5. The van der Waals surface area contributed by atoms with Crippen LogP contribution in [0.3, 0.4) is 0 Å². The maximum atomic E-state index is 12.9. The minimum Gasteiger partial charge on any atom is -0.422 e. The van der Waals surface area contributed by atoms with E-state index in [9.17, 15) is 8.42 Å². The van der Waals surface area contributed by atoms with Crippen molar-refractivity contribution in [1.29, 1.82) is 0 Å². The van der Waals surface area contributed by atoms with Gasteiger partial charge in [0.15, 0.2) is 5.03 Å². The molecule has 0 N–H and O–H groups in total. The van der Waals surface area contributed by atoms with Crippen molar-refractivity contribution in [3.8, 4) is 0 Å². The van der Waals surface area contributed by atoms with Gasteiger partial charge < -0.3 is 13.7 Å². The van der Waals surface area contributed by atoms with E-state index in [1.165, 1.54) is 4.31 Å². The zero-order chi connectivity index (χ0) is 18.0. The summed E-state index contributed by atoms with van der Waals surface area (Å²) in [4.78, 5) is 4.07. The van der Waals surface area contributed by atoms with E-state index in [4.69, 9.17) is 9.15 Å². The highest BCUT2D eigenvalue weighted by Crippen LogP contribution is 2.25. The summed E-state index contributed by atoms with van der Waals surface area (Å²) < 4.78 is 40.0. The van der Waals surface area contributed by atoms with Gasteiger partial charge in [-0.05, 0) is 5.92 Å². The number of ether oxygens (including phenoxy) is 1. The van der Waals surface area contributed by atoms with E-state index in [-0.39, 0.29) is 24.7 Å². The quantitative estimate of drug-likeness (QED) is 0.755. The lowest BCUT2D eigenvalue weighted by atomic mass is 10.2.